The average molecular weight is 285 g/mol. The van der Waals surface area contributed by atoms with Crippen molar-refractivity contribution in [1.29, 1.82) is 0 Å². The molecule has 2 aromatic rings. The van der Waals surface area contributed by atoms with Crippen LogP contribution in [-0.4, -0.2) is 10.1 Å². The fourth-order valence-electron chi connectivity index (χ4n) is 3.08. The first-order chi connectivity index (χ1) is 10.3. The Bertz CT molecular complexity index is 571. The highest BCUT2D eigenvalue weighted by Crippen LogP contribution is 2.29. The van der Waals surface area contributed by atoms with Crippen LogP contribution in [0.5, 0.6) is 0 Å². The zero-order valence-corrected chi connectivity index (χ0v) is 12.4. The van der Waals surface area contributed by atoms with Gasteiger partial charge in [-0.1, -0.05) is 55.5 Å². The SMILES string of the molecule is Nc1ccccc1Cc1nc(C2CCCCCCC2)no1. The Morgan fingerprint density at radius 2 is 1.76 bits per heavy atom. The van der Waals surface area contributed by atoms with Gasteiger partial charge in [0, 0.05) is 11.6 Å². The first kappa shape index (κ1) is 14.1. The van der Waals surface area contributed by atoms with Gasteiger partial charge in [0.25, 0.3) is 0 Å². The Kier molecular flexibility index (Phi) is 4.53. The van der Waals surface area contributed by atoms with Crippen LogP contribution in [0.2, 0.25) is 0 Å². The van der Waals surface area contributed by atoms with E-state index in [1.807, 2.05) is 24.3 Å². The number of hydrogen-bond acceptors (Lipinski definition) is 4. The molecule has 2 N–H and O–H groups in total. The van der Waals surface area contributed by atoms with Gasteiger partial charge in [-0.3, -0.25) is 0 Å². The van der Waals surface area contributed by atoms with E-state index in [0.717, 1.165) is 17.1 Å². The lowest BCUT2D eigenvalue weighted by molar-refractivity contribution is 0.366. The summed E-state index contributed by atoms with van der Waals surface area (Å²) in [7, 11) is 0. The maximum atomic E-state index is 5.97. The molecule has 1 heterocycles. The summed E-state index contributed by atoms with van der Waals surface area (Å²) in [5, 5.41) is 4.21. The van der Waals surface area contributed by atoms with Crippen LogP contribution in [0.3, 0.4) is 0 Å². The Morgan fingerprint density at radius 3 is 2.52 bits per heavy atom. The third-order valence-corrected chi connectivity index (χ3v) is 4.35. The summed E-state index contributed by atoms with van der Waals surface area (Å²) >= 11 is 0. The molecule has 0 aliphatic heterocycles. The van der Waals surface area contributed by atoms with Gasteiger partial charge in [0.15, 0.2) is 5.82 Å². The van der Waals surface area contributed by atoms with Crippen LogP contribution in [0.1, 0.15) is 68.1 Å². The summed E-state index contributed by atoms with van der Waals surface area (Å²) in [6.45, 7) is 0. The van der Waals surface area contributed by atoms with Crippen molar-refractivity contribution in [2.24, 2.45) is 0 Å². The molecule has 21 heavy (non-hydrogen) atoms. The average Bonchev–Trinajstić information content (AvgIpc) is 2.89. The molecule has 4 nitrogen and oxygen atoms in total. The molecule has 112 valence electrons. The number of nitrogen functional groups attached to an aromatic ring is 1. The van der Waals surface area contributed by atoms with E-state index < -0.39 is 0 Å². The number of anilines is 1. The van der Waals surface area contributed by atoms with E-state index in [0.29, 0.717) is 18.2 Å². The van der Waals surface area contributed by atoms with Gasteiger partial charge in [-0.2, -0.15) is 4.98 Å². The van der Waals surface area contributed by atoms with E-state index in [-0.39, 0.29) is 0 Å². The highest BCUT2D eigenvalue weighted by Gasteiger charge is 2.19. The van der Waals surface area contributed by atoms with Crippen molar-refractivity contribution in [1.82, 2.24) is 10.1 Å². The molecule has 3 rings (SSSR count). The second kappa shape index (κ2) is 6.74. The van der Waals surface area contributed by atoms with Crippen molar-refractivity contribution in [2.75, 3.05) is 5.73 Å². The third kappa shape index (κ3) is 3.63. The van der Waals surface area contributed by atoms with E-state index >= 15 is 0 Å². The second-order valence-electron chi connectivity index (χ2n) is 5.96. The number of nitrogens with two attached hydrogens (primary N) is 1. The van der Waals surface area contributed by atoms with Crippen molar-refractivity contribution in [2.45, 2.75) is 57.3 Å². The molecule has 0 spiro atoms. The first-order valence-electron chi connectivity index (χ1n) is 7.99. The molecule has 1 aliphatic rings. The molecule has 1 aliphatic carbocycles. The quantitative estimate of drug-likeness (QED) is 0.863. The largest absolute Gasteiger partial charge is 0.398 e. The van der Waals surface area contributed by atoms with Crippen molar-refractivity contribution in [3.8, 4) is 0 Å². The van der Waals surface area contributed by atoms with Gasteiger partial charge < -0.3 is 10.3 Å². The zero-order chi connectivity index (χ0) is 14.5. The van der Waals surface area contributed by atoms with Gasteiger partial charge in [0.1, 0.15) is 0 Å². The minimum absolute atomic E-state index is 0.468. The third-order valence-electron chi connectivity index (χ3n) is 4.35. The van der Waals surface area contributed by atoms with E-state index in [2.05, 4.69) is 10.1 Å². The molecule has 4 heteroatoms. The molecule has 0 amide bonds. The molecule has 0 radical (unpaired) electrons. The van der Waals surface area contributed by atoms with Gasteiger partial charge in [-0.05, 0) is 24.5 Å². The monoisotopic (exact) mass is 285 g/mol. The van der Waals surface area contributed by atoms with Gasteiger partial charge in [-0.25, -0.2) is 0 Å². The van der Waals surface area contributed by atoms with Crippen molar-refractivity contribution >= 4 is 5.69 Å². The summed E-state index contributed by atoms with van der Waals surface area (Å²) < 4.78 is 5.43. The van der Waals surface area contributed by atoms with Crippen molar-refractivity contribution in [3.63, 3.8) is 0 Å². The van der Waals surface area contributed by atoms with Crippen LogP contribution >= 0.6 is 0 Å². The van der Waals surface area contributed by atoms with Crippen LogP contribution in [-0.2, 0) is 6.42 Å². The lowest BCUT2D eigenvalue weighted by Gasteiger charge is -2.15. The summed E-state index contributed by atoms with van der Waals surface area (Å²) in [5.41, 5.74) is 7.79. The van der Waals surface area contributed by atoms with Gasteiger partial charge >= 0.3 is 0 Å². The molecule has 0 bridgehead atoms. The fourth-order valence-corrected chi connectivity index (χ4v) is 3.08. The molecular formula is C17H23N3O. The standard InChI is InChI=1S/C17H23N3O/c18-15-11-7-6-10-14(15)12-16-19-17(20-21-16)13-8-4-2-1-3-5-9-13/h6-7,10-11,13H,1-5,8-9,12,18H2. The number of nitrogens with zero attached hydrogens (tertiary/aromatic N) is 2. The number of hydrogen-bond donors (Lipinski definition) is 1. The van der Waals surface area contributed by atoms with Crippen molar-refractivity contribution < 1.29 is 4.52 Å². The lowest BCUT2D eigenvalue weighted by atomic mass is 9.91. The van der Waals surface area contributed by atoms with E-state index in [4.69, 9.17) is 10.3 Å². The highest BCUT2D eigenvalue weighted by atomic mass is 16.5. The molecule has 0 unspecified atom stereocenters. The number of benzene rings is 1. The number of aromatic nitrogens is 2. The van der Waals surface area contributed by atoms with E-state index in [1.54, 1.807) is 0 Å². The van der Waals surface area contributed by atoms with Crippen molar-refractivity contribution in [3.05, 3.63) is 41.5 Å². The Balaban J connectivity index is 1.69. The molecule has 1 aromatic heterocycles. The normalized spacial score (nSPS) is 17.3. The summed E-state index contributed by atoms with van der Waals surface area (Å²) in [5.74, 6) is 2.03. The van der Waals surface area contributed by atoms with E-state index in [1.165, 1.54) is 44.9 Å². The number of para-hydroxylation sites is 1. The van der Waals surface area contributed by atoms with Crippen LogP contribution in [0.4, 0.5) is 5.69 Å². The van der Waals surface area contributed by atoms with Crippen LogP contribution in [0.15, 0.2) is 28.8 Å². The van der Waals surface area contributed by atoms with E-state index in [9.17, 15) is 0 Å². The van der Waals surface area contributed by atoms with Gasteiger partial charge in [0.2, 0.25) is 5.89 Å². The predicted octanol–water partition coefficient (Wildman–Crippen LogP) is 4.07. The maximum absolute atomic E-state index is 5.97. The molecular weight excluding hydrogens is 262 g/mol. The molecule has 0 saturated heterocycles. The topological polar surface area (TPSA) is 64.9 Å². The highest BCUT2D eigenvalue weighted by molar-refractivity contribution is 5.47. The maximum Gasteiger partial charge on any atom is 0.231 e. The minimum Gasteiger partial charge on any atom is -0.398 e. The minimum atomic E-state index is 0.468. The van der Waals surface area contributed by atoms with Gasteiger partial charge in [-0.15, -0.1) is 0 Å². The number of rotatable bonds is 3. The first-order valence-corrected chi connectivity index (χ1v) is 7.99. The smallest absolute Gasteiger partial charge is 0.231 e. The van der Waals surface area contributed by atoms with Crippen LogP contribution in [0.25, 0.3) is 0 Å². The molecule has 0 atom stereocenters. The summed E-state index contributed by atoms with van der Waals surface area (Å²) in [4.78, 5) is 4.61. The van der Waals surface area contributed by atoms with Gasteiger partial charge in [0.05, 0.1) is 6.42 Å². The summed E-state index contributed by atoms with van der Waals surface area (Å²) in [6.07, 6.45) is 9.59. The molecule has 1 aromatic carbocycles. The lowest BCUT2D eigenvalue weighted by Crippen LogP contribution is -2.04. The Hall–Kier alpha value is -1.84. The Morgan fingerprint density at radius 1 is 1.05 bits per heavy atom. The second-order valence-corrected chi connectivity index (χ2v) is 5.96. The fraction of sp³-hybridized carbons (Fsp3) is 0.529. The molecule has 1 fully saturated rings. The Labute approximate surface area is 125 Å². The van der Waals surface area contributed by atoms with Crippen LogP contribution < -0.4 is 5.73 Å². The predicted molar refractivity (Wildman–Crippen MR) is 83.0 cm³/mol. The van der Waals surface area contributed by atoms with Crippen LogP contribution in [0, 0.1) is 0 Å². The zero-order valence-electron chi connectivity index (χ0n) is 12.4. The summed E-state index contributed by atoms with van der Waals surface area (Å²) in [6, 6.07) is 7.83. The molecule has 1 saturated carbocycles.